The number of amides is 1. The van der Waals surface area contributed by atoms with E-state index in [-0.39, 0.29) is 10.9 Å². The summed E-state index contributed by atoms with van der Waals surface area (Å²) in [6.07, 6.45) is 3.39. The minimum absolute atomic E-state index is 0.0535. The van der Waals surface area contributed by atoms with Crippen LogP contribution in [0.1, 0.15) is 52.0 Å². The van der Waals surface area contributed by atoms with Crippen molar-refractivity contribution in [1.82, 2.24) is 4.90 Å². The third kappa shape index (κ3) is 5.64. The summed E-state index contributed by atoms with van der Waals surface area (Å²) in [5.74, 6) is -0.586. The van der Waals surface area contributed by atoms with Crippen LogP contribution in [0.5, 0.6) is 0 Å². The molecule has 1 aliphatic rings. The fraction of sp³-hybridized carbons (Fsp3) is 0.571. The van der Waals surface area contributed by atoms with Crippen molar-refractivity contribution in [3.05, 3.63) is 35.6 Å². The maximum Gasteiger partial charge on any atom is 0.291 e. The molecule has 1 atom stereocenters. The van der Waals surface area contributed by atoms with Gasteiger partial charge >= 0.3 is 0 Å². The molecule has 1 fully saturated rings. The number of rotatable bonds is 8. The number of carbonyl (C=O) groups is 3. The summed E-state index contributed by atoms with van der Waals surface area (Å²) in [7, 11) is 0. The van der Waals surface area contributed by atoms with Gasteiger partial charge in [0.15, 0.2) is 0 Å². The zero-order valence-corrected chi connectivity index (χ0v) is 17.1. The van der Waals surface area contributed by atoms with Crippen molar-refractivity contribution in [3.63, 3.8) is 0 Å². The molecular formula is C21H28FNO3S. The number of aryl methyl sites for hydroxylation is 1. The molecule has 1 saturated heterocycles. The fourth-order valence-corrected chi connectivity index (χ4v) is 4.00. The highest BCUT2D eigenvalue weighted by Gasteiger charge is 2.40. The Balaban J connectivity index is 1.86. The molecule has 1 aliphatic heterocycles. The van der Waals surface area contributed by atoms with Gasteiger partial charge in [-0.2, -0.15) is 0 Å². The number of benzene rings is 1. The lowest BCUT2D eigenvalue weighted by atomic mass is 9.84. The number of carbonyl (C=O) groups excluding carboxylic acids is 3. The van der Waals surface area contributed by atoms with Gasteiger partial charge in [-0.1, -0.05) is 44.7 Å². The van der Waals surface area contributed by atoms with Crippen molar-refractivity contribution in [1.29, 1.82) is 0 Å². The summed E-state index contributed by atoms with van der Waals surface area (Å²) < 4.78 is 13.2. The summed E-state index contributed by atoms with van der Waals surface area (Å²) in [5, 5.41) is -0.0535. The molecule has 0 N–H and O–H groups in total. The van der Waals surface area contributed by atoms with E-state index in [0.717, 1.165) is 18.4 Å². The van der Waals surface area contributed by atoms with E-state index < -0.39 is 23.1 Å². The number of likely N-dealkylation sites (tertiary alicyclic amines) is 1. The van der Waals surface area contributed by atoms with Crippen LogP contribution in [0.25, 0.3) is 0 Å². The molecule has 0 unspecified atom stereocenters. The van der Waals surface area contributed by atoms with Crippen molar-refractivity contribution < 1.29 is 18.8 Å². The molecule has 2 rings (SSSR count). The Morgan fingerprint density at radius 3 is 2.70 bits per heavy atom. The zero-order chi connectivity index (χ0) is 20.0. The highest BCUT2D eigenvalue weighted by Crippen LogP contribution is 2.27. The van der Waals surface area contributed by atoms with Gasteiger partial charge in [0, 0.05) is 17.7 Å². The third-order valence-corrected chi connectivity index (χ3v) is 6.27. The van der Waals surface area contributed by atoms with Crippen LogP contribution in [-0.2, 0) is 20.8 Å². The molecular weight excluding hydrogens is 365 g/mol. The van der Waals surface area contributed by atoms with Crippen molar-refractivity contribution in [2.75, 3.05) is 12.3 Å². The van der Waals surface area contributed by atoms with Crippen molar-refractivity contribution in [2.24, 2.45) is 5.41 Å². The molecule has 0 radical (unpaired) electrons. The summed E-state index contributed by atoms with van der Waals surface area (Å²) in [5.41, 5.74) is 0.207. The van der Waals surface area contributed by atoms with Gasteiger partial charge in [-0.05, 0) is 49.8 Å². The molecule has 0 aromatic heterocycles. The number of hydrogen-bond donors (Lipinski definition) is 0. The Kier molecular flexibility index (Phi) is 7.59. The van der Waals surface area contributed by atoms with Gasteiger partial charge in [-0.25, -0.2) is 4.39 Å². The molecule has 1 amide bonds. The molecule has 0 aliphatic carbocycles. The van der Waals surface area contributed by atoms with Gasteiger partial charge in [0.2, 0.25) is 10.9 Å². The Labute approximate surface area is 164 Å². The van der Waals surface area contributed by atoms with Crippen LogP contribution in [0.4, 0.5) is 4.39 Å². The molecule has 6 heteroatoms. The lowest BCUT2D eigenvalue weighted by Gasteiger charge is -2.27. The Morgan fingerprint density at radius 1 is 1.30 bits per heavy atom. The van der Waals surface area contributed by atoms with E-state index in [4.69, 9.17) is 0 Å². The van der Waals surface area contributed by atoms with Gasteiger partial charge in [0.05, 0.1) is 0 Å². The molecule has 0 spiro atoms. The van der Waals surface area contributed by atoms with Crippen molar-refractivity contribution >= 4 is 28.6 Å². The minimum atomic E-state index is -0.703. The number of ketones is 1. The number of hydrogen-bond acceptors (Lipinski definition) is 4. The first-order chi connectivity index (χ1) is 12.8. The van der Waals surface area contributed by atoms with E-state index in [2.05, 4.69) is 0 Å². The normalized spacial score (nSPS) is 17.2. The standard InChI is InChI=1S/C21H28FNO3S/c1-4-21(2,3)18(24)19(25)23-12-6-11-17(23)20(26)27-13-7-9-15-8-5-10-16(22)14-15/h5,8,10,14,17H,4,6-7,9,11-13H2,1-3H3/t17-/m0/s1. The summed E-state index contributed by atoms with van der Waals surface area (Å²) in [4.78, 5) is 39.1. The number of nitrogens with zero attached hydrogens (tertiary/aromatic N) is 1. The summed E-state index contributed by atoms with van der Waals surface area (Å²) >= 11 is 1.21. The van der Waals surface area contributed by atoms with Crippen LogP contribution >= 0.6 is 11.8 Å². The fourth-order valence-electron chi connectivity index (χ4n) is 3.07. The molecule has 148 valence electrons. The van der Waals surface area contributed by atoms with Crippen molar-refractivity contribution in [2.45, 2.75) is 58.9 Å². The first-order valence-corrected chi connectivity index (χ1v) is 10.5. The quantitative estimate of drug-likeness (QED) is 0.495. The average Bonchev–Trinajstić information content (AvgIpc) is 3.13. The van der Waals surface area contributed by atoms with Crippen LogP contribution in [0, 0.1) is 11.2 Å². The van der Waals surface area contributed by atoms with Gasteiger partial charge in [0.1, 0.15) is 11.9 Å². The monoisotopic (exact) mass is 393 g/mol. The smallest absolute Gasteiger partial charge is 0.291 e. The van der Waals surface area contributed by atoms with Crippen LogP contribution < -0.4 is 0 Å². The van der Waals surface area contributed by atoms with Crippen LogP contribution in [0.15, 0.2) is 24.3 Å². The van der Waals surface area contributed by atoms with Gasteiger partial charge in [0.25, 0.3) is 5.91 Å². The number of thioether (sulfide) groups is 1. The van der Waals surface area contributed by atoms with Gasteiger partial charge < -0.3 is 4.90 Å². The van der Waals surface area contributed by atoms with Crippen LogP contribution in [0.3, 0.4) is 0 Å². The maximum atomic E-state index is 13.2. The lowest BCUT2D eigenvalue weighted by molar-refractivity contribution is -0.150. The molecule has 1 aromatic rings. The highest BCUT2D eigenvalue weighted by molar-refractivity contribution is 8.13. The Hall–Kier alpha value is -1.69. The molecule has 0 bridgehead atoms. The Morgan fingerprint density at radius 2 is 2.04 bits per heavy atom. The van der Waals surface area contributed by atoms with Crippen LogP contribution in [0.2, 0.25) is 0 Å². The highest BCUT2D eigenvalue weighted by atomic mass is 32.2. The topological polar surface area (TPSA) is 54.5 Å². The predicted molar refractivity (Wildman–Crippen MR) is 106 cm³/mol. The third-order valence-electron chi connectivity index (χ3n) is 5.22. The van der Waals surface area contributed by atoms with E-state index in [1.807, 2.05) is 13.0 Å². The first-order valence-electron chi connectivity index (χ1n) is 9.52. The van der Waals surface area contributed by atoms with E-state index >= 15 is 0 Å². The second-order valence-electron chi connectivity index (χ2n) is 7.62. The van der Waals surface area contributed by atoms with Gasteiger partial charge in [-0.15, -0.1) is 0 Å². The second kappa shape index (κ2) is 9.49. The minimum Gasteiger partial charge on any atom is -0.325 e. The molecule has 4 nitrogen and oxygen atoms in total. The second-order valence-corrected chi connectivity index (χ2v) is 8.72. The zero-order valence-electron chi connectivity index (χ0n) is 16.3. The van der Waals surface area contributed by atoms with E-state index in [0.29, 0.717) is 31.6 Å². The maximum absolute atomic E-state index is 13.2. The average molecular weight is 394 g/mol. The van der Waals surface area contributed by atoms with E-state index in [1.165, 1.54) is 28.8 Å². The molecule has 0 saturated carbocycles. The number of halogens is 1. The molecule has 27 heavy (non-hydrogen) atoms. The largest absolute Gasteiger partial charge is 0.325 e. The van der Waals surface area contributed by atoms with E-state index in [1.54, 1.807) is 19.9 Å². The number of Topliss-reactive ketones (excluding diaryl/α,β-unsaturated/α-hetero) is 1. The Bertz CT molecular complexity index is 704. The van der Waals surface area contributed by atoms with Crippen molar-refractivity contribution in [3.8, 4) is 0 Å². The summed E-state index contributed by atoms with van der Waals surface area (Å²) in [6, 6.07) is 5.96. The van der Waals surface area contributed by atoms with E-state index in [9.17, 15) is 18.8 Å². The predicted octanol–water partition coefficient (Wildman–Crippen LogP) is 4.01. The van der Waals surface area contributed by atoms with Gasteiger partial charge in [-0.3, -0.25) is 14.4 Å². The first kappa shape index (κ1) is 21.6. The summed E-state index contributed by atoms with van der Waals surface area (Å²) in [6.45, 7) is 5.87. The molecule has 1 heterocycles. The molecule has 1 aromatic carbocycles. The van der Waals surface area contributed by atoms with Crippen LogP contribution in [-0.4, -0.2) is 40.0 Å². The lowest BCUT2D eigenvalue weighted by Crippen LogP contribution is -2.47. The SMILES string of the molecule is CCC(C)(C)C(=O)C(=O)N1CCC[C@H]1C(=O)SCCCc1cccc(F)c1.